The Morgan fingerprint density at radius 1 is 1.21 bits per heavy atom. The second kappa shape index (κ2) is 2.55. The maximum absolute atomic E-state index is 2.79. The van der Waals surface area contributed by atoms with Crippen molar-refractivity contribution >= 4 is 0 Å². The van der Waals surface area contributed by atoms with Crippen molar-refractivity contribution in [3.05, 3.63) is 0 Å². The van der Waals surface area contributed by atoms with Crippen molar-refractivity contribution < 1.29 is 0 Å². The summed E-state index contributed by atoms with van der Waals surface area (Å²) in [6, 6.07) is 0.942. The van der Waals surface area contributed by atoms with Gasteiger partial charge < -0.3 is 0 Å². The van der Waals surface area contributed by atoms with E-state index in [0.717, 1.165) is 17.4 Å². The Morgan fingerprint density at radius 2 is 1.93 bits per heavy atom. The van der Waals surface area contributed by atoms with Crippen molar-refractivity contribution in [3.63, 3.8) is 0 Å². The Hall–Kier alpha value is -0.0400. The van der Waals surface area contributed by atoms with Crippen LogP contribution in [-0.2, 0) is 0 Å². The van der Waals surface area contributed by atoms with Gasteiger partial charge in [0.25, 0.3) is 0 Å². The predicted molar refractivity (Wildman–Crippen MR) is 59.2 cm³/mol. The molecule has 0 bridgehead atoms. The van der Waals surface area contributed by atoms with E-state index in [1.807, 2.05) is 0 Å². The van der Waals surface area contributed by atoms with Crippen LogP contribution in [0.4, 0.5) is 0 Å². The van der Waals surface area contributed by atoms with Crippen LogP contribution in [0, 0.1) is 16.7 Å². The van der Waals surface area contributed by atoms with Gasteiger partial charge in [0.1, 0.15) is 0 Å². The maximum Gasteiger partial charge on any atom is 0.0135 e. The molecule has 2 aliphatic heterocycles. The Bertz CT molecular complexity index is 246. The van der Waals surface area contributed by atoms with Crippen LogP contribution in [-0.4, -0.2) is 24.0 Å². The van der Waals surface area contributed by atoms with E-state index in [4.69, 9.17) is 0 Å². The minimum Gasteiger partial charge on any atom is -0.300 e. The molecule has 1 nitrogen and oxygen atoms in total. The summed E-state index contributed by atoms with van der Waals surface area (Å²) in [6.07, 6.45) is 6.02. The number of hydrogen-bond donors (Lipinski definition) is 0. The Morgan fingerprint density at radius 3 is 2.50 bits per heavy atom. The highest BCUT2D eigenvalue weighted by Crippen LogP contribution is 2.59. The summed E-state index contributed by atoms with van der Waals surface area (Å²) in [5.41, 5.74) is 1.34. The van der Waals surface area contributed by atoms with Crippen molar-refractivity contribution in [3.8, 4) is 0 Å². The predicted octanol–water partition coefficient (Wildman–Crippen LogP) is 2.91. The van der Waals surface area contributed by atoms with Crippen LogP contribution in [0.15, 0.2) is 0 Å². The molecule has 2 heterocycles. The first-order valence-electron chi connectivity index (χ1n) is 6.24. The minimum atomic E-state index is 0.528. The van der Waals surface area contributed by atoms with Crippen molar-refractivity contribution in [1.82, 2.24) is 4.90 Å². The Balaban J connectivity index is 1.79. The molecule has 0 aromatic rings. The van der Waals surface area contributed by atoms with E-state index in [1.54, 1.807) is 0 Å². The SMILES string of the molecule is CC(C)(C)C1CCN2CC3(CC3)CC12. The van der Waals surface area contributed by atoms with Crippen LogP contribution in [0.5, 0.6) is 0 Å². The van der Waals surface area contributed by atoms with Crippen LogP contribution in [0.1, 0.15) is 46.5 Å². The molecule has 1 heteroatoms. The lowest BCUT2D eigenvalue weighted by Crippen LogP contribution is -2.32. The summed E-state index contributed by atoms with van der Waals surface area (Å²) in [5, 5.41) is 0. The average Bonchev–Trinajstić information content (AvgIpc) is 2.46. The summed E-state index contributed by atoms with van der Waals surface area (Å²) >= 11 is 0. The molecule has 14 heavy (non-hydrogen) atoms. The van der Waals surface area contributed by atoms with Gasteiger partial charge in [-0.25, -0.2) is 0 Å². The third kappa shape index (κ3) is 1.25. The van der Waals surface area contributed by atoms with E-state index >= 15 is 0 Å². The van der Waals surface area contributed by atoms with Gasteiger partial charge in [-0.3, -0.25) is 4.90 Å². The van der Waals surface area contributed by atoms with E-state index < -0.39 is 0 Å². The average molecular weight is 193 g/mol. The van der Waals surface area contributed by atoms with Crippen LogP contribution in [0.25, 0.3) is 0 Å². The third-order valence-electron chi connectivity index (χ3n) is 4.91. The Labute approximate surface area is 87.9 Å². The normalized spacial score (nSPS) is 40.5. The molecule has 1 aliphatic carbocycles. The zero-order chi connectivity index (χ0) is 9.97. The zero-order valence-corrected chi connectivity index (χ0v) is 9.84. The first kappa shape index (κ1) is 9.21. The van der Waals surface area contributed by atoms with Gasteiger partial charge in [0.05, 0.1) is 0 Å². The molecule has 1 saturated carbocycles. The summed E-state index contributed by atoms with van der Waals surface area (Å²) in [7, 11) is 0. The molecule has 0 radical (unpaired) electrons. The van der Waals surface area contributed by atoms with Gasteiger partial charge in [0.2, 0.25) is 0 Å². The van der Waals surface area contributed by atoms with Gasteiger partial charge in [0, 0.05) is 12.6 Å². The summed E-state index contributed by atoms with van der Waals surface area (Å²) < 4.78 is 0. The lowest BCUT2D eigenvalue weighted by molar-refractivity contribution is 0.181. The lowest BCUT2D eigenvalue weighted by Gasteiger charge is -2.32. The molecular weight excluding hydrogens is 170 g/mol. The molecule has 3 rings (SSSR count). The number of hydrogen-bond acceptors (Lipinski definition) is 1. The molecule has 3 aliphatic rings. The van der Waals surface area contributed by atoms with Crippen LogP contribution < -0.4 is 0 Å². The summed E-state index contributed by atoms with van der Waals surface area (Å²) in [6.45, 7) is 10.1. The summed E-state index contributed by atoms with van der Waals surface area (Å²) in [4.78, 5) is 2.79. The number of fused-ring (bicyclic) bond motifs is 1. The van der Waals surface area contributed by atoms with Gasteiger partial charge in [0.15, 0.2) is 0 Å². The van der Waals surface area contributed by atoms with Crippen LogP contribution in [0.3, 0.4) is 0 Å². The van der Waals surface area contributed by atoms with Gasteiger partial charge in [-0.05, 0) is 49.0 Å². The molecular formula is C13H23N. The number of rotatable bonds is 0. The molecule has 3 fully saturated rings. The molecule has 2 saturated heterocycles. The van der Waals surface area contributed by atoms with Crippen molar-refractivity contribution in [2.24, 2.45) is 16.7 Å². The zero-order valence-electron chi connectivity index (χ0n) is 9.84. The van der Waals surface area contributed by atoms with E-state index in [9.17, 15) is 0 Å². The highest BCUT2D eigenvalue weighted by molar-refractivity contribution is 5.09. The van der Waals surface area contributed by atoms with E-state index in [1.165, 1.54) is 38.8 Å². The highest BCUT2D eigenvalue weighted by Gasteiger charge is 2.56. The van der Waals surface area contributed by atoms with Crippen molar-refractivity contribution in [2.45, 2.75) is 52.5 Å². The second-order valence-corrected chi connectivity index (χ2v) is 7.00. The topological polar surface area (TPSA) is 3.24 Å². The fraction of sp³-hybridized carbons (Fsp3) is 1.00. The number of nitrogens with zero attached hydrogens (tertiary/aromatic N) is 1. The van der Waals surface area contributed by atoms with Crippen LogP contribution >= 0.6 is 0 Å². The fourth-order valence-corrected chi connectivity index (χ4v) is 3.87. The Kier molecular flexibility index (Phi) is 1.68. The third-order valence-corrected chi connectivity index (χ3v) is 4.91. The molecule has 2 atom stereocenters. The molecule has 0 aromatic heterocycles. The second-order valence-electron chi connectivity index (χ2n) is 7.00. The smallest absolute Gasteiger partial charge is 0.0135 e. The van der Waals surface area contributed by atoms with Gasteiger partial charge in [-0.15, -0.1) is 0 Å². The van der Waals surface area contributed by atoms with Crippen LogP contribution in [0.2, 0.25) is 0 Å². The standard InChI is InChI=1S/C13H23N/c1-12(2,3)10-4-7-14-9-13(5-6-13)8-11(10)14/h10-11H,4-9H2,1-3H3. The maximum atomic E-state index is 2.79. The van der Waals surface area contributed by atoms with Gasteiger partial charge in [-0.2, -0.15) is 0 Å². The highest BCUT2D eigenvalue weighted by atomic mass is 15.2. The van der Waals surface area contributed by atoms with Gasteiger partial charge >= 0.3 is 0 Å². The first-order valence-corrected chi connectivity index (χ1v) is 6.24. The van der Waals surface area contributed by atoms with Crippen molar-refractivity contribution in [1.29, 1.82) is 0 Å². The van der Waals surface area contributed by atoms with E-state index in [2.05, 4.69) is 25.7 Å². The van der Waals surface area contributed by atoms with E-state index in [0.29, 0.717) is 5.41 Å². The molecule has 0 aromatic carbocycles. The van der Waals surface area contributed by atoms with Crippen molar-refractivity contribution in [2.75, 3.05) is 13.1 Å². The quantitative estimate of drug-likeness (QED) is 0.572. The molecule has 80 valence electrons. The molecule has 0 N–H and O–H groups in total. The minimum absolute atomic E-state index is 0.528. The van der Waals surface area contributed by atoms with Gasteiger partial charge in [-0.1, -0.05) is 20.8 Å². The lowest BCUT2D eigenvalue weighted by atomic mass is 9.75. The summed E-state index contributed by atoms with van der Waals surface area (Å²) in [5.74, 6) is 0.961. The largest absolute Gasteiger partial charge is 0.300 e. The fourth-order valence-electron chi connectivity index (χ4n) is 3.87. The van der Waals surface area contributed by atoms with E-state index in [-0.39, 0.29) is 0 Å². The molecule has 0 amide bonds. The first-order chi connectivity index (χ1) is 6.50. The molecule has 1 spiro atoms. The molecule has 2 unspecified atom stereocenters. The monoisotopic (exact) mass is 193 g/mol.